The molecule has 2 aromatic rings. The van der Waals surface area contributed by atoms with Gasteiger partial charge in [0.1, 0.15) is 6.61 Å². The first-order valence-corrected chi connectivity index (χ1v) is 12.7. The van der Waals surface area contributed by atoms with Crippen LogP contribution in [-0.4, -0.2) is 77.3 Å². The molecule has 0 amide bonds. The second kappa shape index (κ2) is 13.5. The van der Waals surface area contributed by atoms with Crippen LogP contribution in [0.4, 0.5) is 0 Å². The molecule has 0 radical (unpaired) electrons. The summed E-state index contributed by atoms with van der Waals surface area (Å²) < 4.78 is 5.09. The van der Waals surface area contributed by atoms with Crippen LogP contribution in [0.3, 0.4) is 0 Å². The van der Waals surface area contributed by atoms with E-state index < -0.39 is 11.9 Å². The lowest BCUT2D eigenvalue weighted by molar-refractivity contribution is -0.141. The molecule has 4 rings (SSSR count). The summed E-state index contributed by atoms with van der Waals surface area (Å²) in [5.41, 5.74) is 2.74. The van der Waals surface area contributed by atoms with Crippen molar-refractivity contribution in [3.8, 4) is 0 Å². The van der Waals surface area contributed by atoms with Gasteiger partial charge in [-0.1, -0.05) is 41.6 Å². The Labute approximate surface area is 219 Å². The molecule has 0 aromatic heterocycles. The molecule has 1 unspecified atom stereocenters. The molecule has 2 N–H and O–H groups in total. The lowest BCUT2D eigenvalue weighted by atomic mass is 9.96. The second-order valence-electron chi connectivity index (χ2n) is 8.34. The predicted octanol–water partition coefficient (Wildman–Crippen LogP) is 3.98. The van der Waals surface area contributed by atoms with Crippen molar-refractivity contribution in [1.29, 1.82) is 0 Å². The van der Waals surface area contributed by atoms with Crippen LogP contribution in [0.2, 0.25) is 5.02 Å². The summed E-state index contributed by atoms with van der Waals surface area (Å²) in [5.74, 6) is -2.72. The quantitative estimate of drug-likeness (QED) is 0.422. The van der Waals surface area contributed by atoms with Crippen LogP contribution < -0.4 is 0 Å². The first-order chi connectivity index (χ1) is 17.2. The highest BCUT2D eigenvalue weighted by Crippen LogP contribution is 2.43. The number of aliphatic carboxylic acids is 2. The molecule has 1 atom stereocenters. The molecule has 192 valence electrons. The highest BCUT2D eigenvalue weighted by Gasteiger charge is 2.29. The number of hydrogen-bond acceptors (Lipinski definition) is 7. The van der Waals surface area contributed by atoms with E-state index in [2.05, 4.69) is 46.2 Å². The van der Waals surface area contributed by atoms with Crippen molar-refractivity contribution < 1.29 is 29.3 Å². The van der Waals surface area contributed by atoms with Crippen LogP contribution in [0.1, 0.15) is 24.1 Å². The largest absolute Gasteiger partial charge is 0.478 e. The van der Waals surface area contributed by atoms with Crippen LogP contribution >= 0.6 is 23.4 Å². The van der Waals surface area contributed by atoms with E-state index in [-0.39, 0.29) is 5.97 Å². The number of carbonyl (C=O) groups excluding carboxylic acids is 1. The molecule has 8 nitrogen and oxygen atoms in total. The van der Waals surface area contributed by atoms with E-state index in [9.17, 15) is 14.4 Å². The molecule has 2 aromatic carbocycles. The maximum atomic E-state index is 11.0. The number of carboxylic acids is 2. The van der Waals surface area contributed by atoms with Gasteiger partial charge in [-0.05, 0) is 41.8 Å². The summed E-state index contributed by atoms with van der Waals surface area (Å²) in [6.07, 6.45) is 2.10. The van der Waals surface area contributed by atoms with Gasteiger partial charge in [0, 0.05) is 72.7 Å². The van der Waals surface area contributed by atoms with Gasteiger partial charge >= 0.3 is 17.9 Å². The van der Waals surface area contributed by atoms with Crippen LogP contribution in [0.15, 0.2) is 64.4 Å². The van der Waals surface area contributed by atoms with Crippen molar-refractivity contribution >= 4 is 41.3 Å². The Morgan fingerprint density at radius 3 is 2.33 bits per heavy atom. The number of hydrogen-bond donors (Lipinski definition) is 2. The van der Waals surface area contributed by atoms with Crippen molar-refractivity contribution in [1.82, 2.24) is 9.80 Å². The van der Waals surface area contributed by atoms with E-state index in [4.69, 9.17) is 26.6 Å². The number of ether oxygens (including phenoxy) is 1. The van der Waals surface area contributed by atoms with Crippen molar-refractivity contribution in [2.45, 2.75) is 29.2 Å². The minimum absolute atomic E-state index is 0.205. The molecule has 2 aliphatic rings. The molecule has 0 spiro atoms. The predicted molar refractivity (Wildman–Crippen MR) is 138 cm³/mol. The minimum atomic E-state index is -1.26. The van der Waals surface area contributed by atoms with Gasteiger partial charge in [0.15, 0.2) is 0 Å². The summed E-state index contributed by atoms with van der Waals surface area (Å²) in [6, 6.07) is 15.4. The average molecular weight is 533 g/mol. The lowest BCUT2D eigenvalue weighted by Gasteiger charge is -2.39. The Kier molecular flexibility index (Phi) is 10.4. The van der Waals surface area contributed by atoms with E-state index >= 15 is 0 Å². The summed E-state index contributed by atoms with van der Waals surface area (Å²) in [6.45, 7) is 6.76. The van der Waals surface area contributed by atoms with Gasteiger partial charge in [-0.2, -0.15) is 0 Å². The van der Waals surface area contributed by atoms with Gasteiger partial charge in [-0.25, -0.2) is 9.59 Å². The first-order valence-electron chi connectivity index (χ1n) is 11.5. The van der Waals surface area contributed by atoms with Gasteiger partial charge in [0.25, 0.3) is 0 Å². The van der Waals surface area contributed by atoms with Crippen LogP contribution in [0, 0.1) is 0 Å². The Bertz CT molecular complexity index is 1100. The van der Waals surface area contributed by atoms with E-state index in [1.165, 1.54) is 27.8 Å². The molecule has 10 heteroatoms. The number of esters is 1. The third kappa shape index (κ3) is 8.37. The SMILES string of the molecule is CC(=O)OCCN1CCN(C2Cc3cc(Cl)ccc3Sc3ccccc32)CC1.O=C(O)/C=C/C(=O)O. The van der Waals surface area contributed by atoms with Crippen molar-refractivity contribution in [3.63, 3.8) is 0 Å². The van der Waals surface area contributed by atoms with Gasteiger partial charge in [0.2, 0.25) is 0 Å². The van der Waals surface area contributed by atoms with E-state index in [0.717, 1.165) is 44.2 Å². The average Bonchev–Trinajstić information content (AvgIpc) is 3.00. The zero-order valence-corrected chi connectivity index (χ0v) is 21.5. The molecule has 1 saturated heterocycles. The zero-order chi connectivity index (χ0) is 26.1. The maximum Gasteiger partial charge on any atom is 0.328 e. The Morgan fingerprint density at radius 1 is 1.03 bits per heavy atom. The number of carbonyl (C=O) groups is 3. The molecule has 1 fully saturated rings. The van der Waals surface area contributed by atoms with Gasteiger partial charge in [0.05, 0.1) is 0 Å². The number of rotatable bonds is 6. The highest BCUT2D eigenvalue weighted by atomic mass is 35.5. The number of benzene rings is 2. The number of piperazine rings is 1. The van der Waals surface area contributed by atoms with Crippen LogP contribution in [0.5, 0.6) is 0 Å². The monoisotopic (exact) mass is 532 g/mol. The maximum absolute atomic E-state index is 11.0. The number of fused-ring (bicyclic) bond motifs is 2. The lowest BCUT2D eigenvalue weighted by Crippen LogP contribution is -2.48. The standard InChI is InChI=1S/C22H25ClN2O2S.C4H4O4/c1-16(26)27-13-12-24-8-10-25(11-9-24)20-15-17-14-18(23)6-7-21(17)28-22-5-3-2-4-19(20)22;5-3(6)1-2-4(7)8/h2-7,14,20H,8-13,15H2,1H3;1-2H,(H,5,6)(H,7,8)/b;2-1+. The van der Waals surface area contributed by atoms with Crippen molar-refractivity contribution in [2.24, 2.45) is 0 Å². The Morgan fingerprint density at radius 2 is 1.69 bits per heavy atom. The van der Waals surface area contributed by atoms with Crippen LogP contribution in [0.25, 0.3) is 0 Å². The minimum Gasteiger partial charge on any atom is -0.478 e. The first kappa shape index (κ1) is 27.7. The summed E-state index contributed by atoms with van der Waals surface area (Å²) >= 11 is 8.15. The molecule has 36 heavy (non-hydrogen) atoms. The van der Waals surface area contributed by atoms with Crippen molar-refractivity contribution in [2.75, 3.05) is 39.3 Å². The molecular weight excluding hydrogens is 504 g/mol. The fraction of sp³-hybridized carbons (Fsp3) is 0.346. The van der Waals surface area contributed by atoms with E-state index in [1.54, 1.807) is 0 Å². The topological polar surface area (TPSA) is 107 Å². The van der Waals surface area contributed by atoms with Gasteiger partial charge in [-0.15, -0.1) is 0 Å². The Hall–Kier alpha value is -2.85. The number of nitrogens with zero attached hydrogens (tertiary/aromatic N) is 2. The Balaban J connectivity index is 0.000000392. The zero-order valence-electron chi connectivity index (χ0n) is 19.9. The highest BCUT2D eigenvalue weighted by molar-refractivity contribution is 7.99. The summed E-state index contributed by atoms with van der Waals surface area (Å²) in [5, 5.41) is 16.4. The molecule has 0 saturated carbocycles. The fourth-order valence-electron chi connectivity index (χ4n) is 4.18. The second-order valence-corrected chi connectivity index (χ2v) is 9.86. The normalized spacial score (nSPS) is 17.8. The number of halogens is 1. The number of carboxylic acid groups (broad SMARTS) is 2. The molecule has 2 aliphatic heterocycles. The van der Waals surface area contributed by atoms with E-state index in [0.29, 0.717) is 24.8 Å². The van der Waals surface area contributed by atoms with Gasteiger partial charge < -0.3 is 14.9 Å². The summed E-state index contributed by atoms with van der Waals surface area (Å²) in [4.78, 5) is 37.7. The summed E-state index contributed by atoms with van der Waals surface area (Å²) in [7, 11) is 0. The molecular formula is C26H29ClN2O6S. The fourth-order valence-corrected chi connectivity index (χ4v) is 5.49. The molecule has 0 aliphatic carbocycles. The van der Waals surface area contributed by atoms with E-state index in [1.807, 2.05) is 17.8 Å². The van der Waals surface area contributed by atoms with Gasteiger partial charge in [-0.3, -0.25) is 14.6 Å². The smallest absolute Gasteiger partial charge is 0.328 e. The molecule has 2 heterocycles. The van der Waals surface area contributed by atoms with Crippen molar-refractivity contribution in [3.05, 3.63) is 70.8 Å². The third-order valence-electron chi connectivity index (χ3n) is 5.86. The third-order valence-corrected chi connectivity index (χ3v) is 7.31. The molecule has 0 bridgehead atoms. The van der Waals surface area contributed by atoms with Crippen LogP contribution in [-0.2, 0) is 25.5 Å².